The van der Waals surface area contributed by atoms with Gasteiger partial charge >= 0.3 is 0 Å². The van der Waals surface area contributed by atoms with Crippen LogP contribution in [0.2, 0.25) is 0 Å². The van der Waals surface area contributed by atoms with E-state index in [1.807, 2.05) is 13.1 Å². The van der Waals surface area contributed by atoms with Crippen LogP contribution in [0.25, 0.3) is 0 Å². The van der Waals surface area contributed by atoms with Crippen LogP contribution in [0.4, 0.5) is 10.1 Å². The highest BCUT2D eigenvalue weighted by atomic mass is 19.1. The monoisotopic (exact) mass is 238 g/mol. The molecule has 0 aliphatic heterocycles. The summed E-state index contributed by atoms with van der Waals surface area (Å²) in [6.07, 6.45) is 1.06. The summed E-state index contributed by atoms with van der Waals surface area (Å²) in [5.41, 5.74) is 1.77. The van der Waals surface area contributed by atoms with Crippen LogP contribution in [-0.2, 0) is 6.54 Å². The molecule has 3 heteroatoms. The fraction of sp³-hybridized carbons (Fsp3) is 0.571. The molecule has 1 N–H and O–H groups in total. The van der Waals surface area contributed by atoms with E-state index in [0.29, 0.717) is 12.6 Å². The molecule has 0 fully saturated rings. The lowest BCUT2D eigenvalue weighted by molar-refractivity contribution is 0.593. The van der Waals surface area contributed by atoms with Crippen LogP contribution in [0.3, 0.4) is 0 Å². The molecule has 1 aromatic rings. The lowest BCUT2D eigenvalue weighted by atomic mass is 10.1. The Morgan fingerprint density at radius 2 is 2.06 bits per heavy atom. The van der Waals surface area contributed by atoms with Gasteiger partial charge in [0.05, 0.1) is 0 Å². The number of nitrogens with zero attached hydrogens (tertiary/aromatic N) is 1. The second-order valence-corrected chi connectivity index (χ2v) is 4.55. The number of benzene rings is 1. The lowest BCUT2D eigenvalue weighted by Gasteiger charge is -2.30. The average Bonchev–Trinajstić information content (AvgIpc) is 2.29. The highest BCUT2D eigenvalue weighted by Crippen LogP contribution is 2.25. The number of hydrogen-bond donors (Lipinski definition) is 1. The van der Waals surface area contributed by atoms with E-state index >= 15 is 0 Å². The van der Waals surface area contributed by atoms with Crippen molar-refractivity contribution >= 4 is 5.69 Å². The molecule has 2 nitrogen and oxygen atoms in total. The molecule has 0 spiro atoms. The molecule has 0 amide bonds. The highest BCUT2D eigenvalue weighted by Gasteiger charge is 2.15. The molecule has 0 aromatic heterocycles. The molecule has 17 heavy (non-hydrogen) atoms. The topological polar surface area (TPSA) is 15.3 Å². The number of rotatable bonds is 6. The predicted molar refractivity (Wildman–Crippen MR) is 71.9 cm³/mol. The van der Waals surface area contributed by atoms with Crippen molar-refractivity contribution in [1.29, 1.82) is 0 Å². The summed E-state index contributed by atoms with van der Waals surface area (Å²) < 4.78 is 13.8. The van der Waals surface area contributed by atoms with E-state index in [-0.39, 0.29) is 5.82 Å². The van der Waals surface area contributed by atoms with Crippen molar-refractivity contribution in [2.24, 2.45) is 0 Å². The first-order valence-electron chi connectivity index (χ1n) is 6.30. The van der Waals surface area contributed by atoms with Gasteiger partial charge < -0.3 is 10.2 Å². The maximum atomic E-state index is 13.8. The molecule has 0 heterocycles. The third-order valence-corrected chi connectivity index (χ3v) is 2.84. The molecule has 0 saturated carbocycles. The van der Waals surface area contributed by atoms with Gasteiger partial charge in [-0.15, -0.1) is 0 Å². The van der Waals surface area contributed by atoms with Crippen LogP contribution < -0.4 is 10.2 Å². The molecular formula is C14H23FN2. The van der Waals surface area contributed by atoms with E-state index < -0.39 is 0 Å². The summed E-state index contributed by atoms with van der Waals surface area (Å²) >= 11 is 0. The van der Waals surface area contributed by atoms with Crippen molar-refractivity contribution in [2.45, 2.75) is 39.8 Å². The van der Waals surface area contributed by atoms with Crippen LogP contribution in [-0.4, -0.2) is 19.6 Å². The lowest BCUT2D eigenvalue weighted by Crippen LogP contribution is -2.33. The summed E-state index contributed by atoms with van der Waals surface area (Å²) in [5.74, 6) is -0.126. The third-order valence-electron chi connectivity index (χ3n) is 2.84. The van der Waals surface area contributed by atoms with E-state index in [1.165, 1.54) is 6.07 Å². The van der Waals surface area contributed by atoms with Crippen molar-refractivity contribution in [3.05, 3.63) is 29.6 Å². The minimum Gasteiger partial charge on any atom is -0.369 e. The molecular weight excluding hydrogens is 215 g/mol. The fourth-order valence-electron chi connectivity index (χ4n) is 2.07. The van der Waals surface area contributed by atoms with Gasteiger partial charge in [-0.2, -0.15) is 0 Å². The van der Waals surface area contributed by atoms with E-state index in [2.05, 4.69) is 31.0 Å². The van der Waals surface area contributed by atoms with Gasteiger partial charge in [-0.05, 0) is 39.4 Å². The molecule has 0 bridgehead atoms. The standard InChI is InChI=1S/C14H23FN2/c1-5-9-17(11(2)3)14-8-6-7-13(15)12(14)10-16-4/h6-8,11,16H,5,9-10H2,1-4H3. The van der Waals surface area contributed by atoms with Crippen LogP contribution >= 0.6 is 0 Å². The zero-order valence-electron chi connectivity index (χ0n) is 11.3. The molecule has 0 aliphatic rings. The van der Waals surface area contributed by atoms with Crippen molar-refractivity contribution in [3.63, 3.8) is 0 Å². The molecule has 1 rings (SSSR count). The Morgan fingerprint density at radius 3 is 2.59 bits per heavy atom. The van der Waals surface area contributed by atoms with Gasteiger partial charge in [-0.1, -0.05) is 13.0 Å². The first-order valence-corrected chi connectivity index (χ1v) is 6.30. The first-order chi connectivity index (χ1) is 8.11. The quantitative estimate of drug-likeness (QED) is 0.819. The normalized spacial score (nSPS) is 10.9. The van der Waals surface area contributed by atoms with Crippen LogP contribution in [0, 0.1) is 5.82 Å². The fourth-order valence-corrected chi connectivity index (χ4v) is 2.07. The number of anilines is 1. The second-order valence-electron chi connectivity index (χ2n) is 4.55. The Hall–Kier alpha value is -1.09. The smallest absolute Gasteiger partial charge is 0.129 e. The highest BCUT2D eigenvalue weighted by molar-refractivity contribution is 5.54. The molecule has 96 valence electrons. The number of nitrogens with one attached hydrogen (secondary N) is 1. The van der Waals surface area contributed by atoms with Gasteiger partial charge in [0.2, 0.25) is 0 Å². The molecule has 0 saturated heterocycles. The number of halogens is 1. The average molecular weight is 238 g/mol. The minimum absolute atomic E-state index is 0.126. The van der Waals surface area contributed by atoms with E-state index in [1.54, 1.807) is 6.07 Å². The van der Waals surface area contributed by atoms with Crippen LogP contribution in [0.5, 0.6) is 0 Å². The largest absolute Gasteiger partial charge is 0.369 e. The van der Waals surface area contributed by atoms with Crippen LogP contribution in [0.1, 0.15) is 32.8 Å². The van der Waals surface area contributed by atoms with Gasteiger partial charge in [0.15, 0.2) is 0 Å². The van der Waals surface area contributed by atoms with E-state index in [4.69, 9.17) is 0 Å². The van der Waals surface area contributed by atoms with E-state index in [0.717, 1.165) is 24.2 Å². The molecule has 0 atom stereocenters. The number of hydrogen-bond acceptors (Lipinski definition) is 2. The van der Waals surface area contributed by atoms with Crippen molar-refractivity contribution < 1.29 is 4.39 Å². The Morgan fingerprint density at radius 1 is 1.35 bits per heavy atom. The van der Waals surface area contributed by atoms with E-state index in [9.17, 15) is 4.39 Å². The van der Waals surface area contributed by atoms with Crippen molar-refractivity contribution in [1.82, 2.24) is 5.32 Å². The Balaban J connectivity index is 3.12. The summed E-state index contributed by atoms with van der Waals surface area (Å²) in [6, 6.07) is 5.70. The Kier molecular flexibility index (Phi) is 5.42. The molecule has 1 aromatic carbocycles. The Bertz CT molecular complexity index is 350. The summed E-state index contributed by atoms with van der Waals surface area (Å²) in [4.78, 5) is 2.26. The zero-order chi connectivity index (χ0) is 12.8. The third kappa shape index (κ3) is 3.43. The molecule has 0 aliphatic carbocycles. The first kappa shape index (κ1) is 14.0. The molecule has 0 unspecified atom stereocenters. The van der Waals surface area contributed by atoms with Crippen LogP contribution in [0.15, 0.2) is 18.2 Å². The van der Waals surface area contributed by atoms with Gasteiger partial charge in [0, 0.05) is 30.4 Å². The minimum atomic E-state index is -0.126. The SMILES string of the molecule is CCCN(c1cccc(F)c1CNC)C(C)C. The van der Waals surface area contributed by atoms with Gasteiger partial charge in [0.1, 0.15) is 5.82 Å². The summed E-state index contributed by atoms with van der Waals surface area (Å²) in [6.45, 7) is 7.95. The van der Waals surface area contributed by atoms with Gasteiger partial charge in [0.25, 0.3) is 0 Å². The zero-order valence-corrected chi connectivity index (χ0v) is 11.3. The summed E-state index contributed by atoms with van der Waals surface area (Å²) in [7, 11) is 1.84. The predicted octanol–water partition coefficient (Wildman–Crippen LogP) is 3.17. The molecule has 0 radical (unpaired) electrons. The van der Waals surface area contributed by atoms with Gasteiger partial charge in [-0.25, -0.2) is 4.39 Å². The van der Waals surface area contributed by atoms with Crippen molar-refractivity contribution in [3.8, 4) is 0 Å². The summed E-state index contributed by atoms with van der Waals surface area (Å²) in [5, 5.41) is 3.03. The van der Waals surface area contributed by atoms with Gasteiger partial charge in [-0.3, -0.25) is 0 Å². The second kappa shape index (κ2) is 6.60. The van der Waals surface area contributed by atoms with Crippen molar-refractivity contribution in [2.75, 3.05) is 18.5 Å². The maximum absolute atomic E-state index is 13.8. The Labute approximate surface area is 104 Å². The maximum Gasteiger partial charge on any atom is 0.129 e.